The quantitative estimate of drug-likeness (QED) is 0.725. The molecule has 0 radical (unpaired) electrons. The minimum Gasteiger partial charge on any atom is -0.347 e. The Balaban J connectivity index is 2.56. The van der Waals surface area contributed by atoms with Crippen molar-refractivity contribution in [3.8, 4) is 12.3 Å². The number of carbonyl (C=O) groups excluding carboxylic acids is 1. The van der Waals surface area contributed by atoms with Gasteiger partial charge >= 0.3 is 0 Å². The summed E-state index contributed by atoms with van der Waals surface area (Å²) in [6, 6.07) is 5.18. The van der Waals surface area contributed by atoms with E-state index in [1.165, 1.54) is 0 Å². The van der Waals surface area contributed by atoms with Gasteiger partial charge < -0.3 is 5.32 Å². The van der Waals surface area contributed by atoms with Crippen LogP contribution in [0.2, 0.25) is 0 Å². The summed E-state index contributed by atoms with van der Waals surface area (Å²) >= 11 is 0. The van der Waals surface area contributed by atoms with E-state index in [-0.39, 0.29) is 11.9 Å². The van der Waals surface area contributed by atoms with E-state index in [0.717, 1.165) is 0 Å². The lowest BCUT2D eigenvalue weighted by Gasteiger charge is -2.09. The zero-order valence-corrected chi connectivity index (χ0v) is 8.03. The summed E-state index contributed by atoms with van der Waals surface area (Å²) in [5.41, 5.74) is 0.413. The van der Waals surface area contributed by atoms with E-state index < -0.39 is 0 Å². The summed E-state index contributed by atoms with van der Waals surface area (Å²) < 4.78 is 0. The first-order valence-corrected chi connectivity index (χ1v) is 4.39. The average molecular weight is 188 g/mol. The van der Waals surface area contributed by atoms with Crippen molar-refractivity contribution >= 4 is 5.91 Å². The topological polar surface area (TPSA) is 42.0 Å². The molecule has 0 saturated carbocycles. The van der Waals surface area contributed by atoms with Crippen LogP contribution in [0.3, 0.4) is 0 Å². The number of carbonyl (C=O) groups is 1. The van der Waals surface area contributed by atoms with Crippen molar-refractivity contribution in [3.05, 3.63) is 30.1 Å². The fourth-order valence-electron chi connectivity index (χ4n) is 1.02. The highest BCUT2D eigenvalue weighted by Gasteiger charge is 2.08. The highest BCUT2D eigenvalue weighted by atomic mass is 16.1. The van der Waals surface area contributed by atoms with Gasteiger partial charge in [-0.05, 0) is 19.1 Å². The van der Waals surface area contributed by atoms with E-state index in [0.29, 0.717) is 12.1 Å². The number of nitrogens with one attached hydrogen (secondary N) is 1. The molecule has 1 atom stereocenters. The number of pyridine rings is 1. The molecule has 1 heterocycles. The van der Waals surface area contributed by atoms with Crippen LogP contribution in [0, 0.1) is 12.3 Å². The molecule has 1 aromatic heterocycles. The highest BCUT2D eigenvalue weighted by Crippen LogP contribution is 1.95. The monoisotopic (exact) mass is 188 g/mol. The minimum absolute atomic E-state index is 0.0190. The van der Waals surface area contributed by atoms with Crippen molar-refractivity contribution in [2.75, 3.05) is 0 Å². The molecule has 0 fully saturated rings. The lowest BCUT2D eigenvalue weighted by molar-refractivity contribution is 0.0936. The van der Waals surface area contributed by atoms with Crippen LogP contribution >= 0.6 is 0 Å². The van der Waals surface area contributed by atoms with Crippen LogP contribution in [0.25, 0.3) is 0 Å². The molecule has 0 aromatic carbocycles. The lowest BCUT2D eigenvalue weighted by Crippen LogP contribution is -2.32. The fraction of sp³-hybridized carbons (Fsp3) is 0.273. The van der Waals surface area contributed by atoms with E-state index in [9.17, 15) is 4.79 Å². The standard InChI is InChI=1S/C11H12N2O/c1-3-6-9(2)13-11(14)10-7-4-5-8-12-10/h1,4-5,7-9H,6H2,2H3,(H,13,14). The summed E-state index contributed by atoms with van der Waals surface area (Å²) in [6.07, 6.45) is 7.24. The molecule has 3 nitrogen and oxygen atoms in total. The van der Waals surface area contributed by atoms with Gasteiger partial charge in [-0.15, -0.1) is 12.3 Å². The first kappa shape index (κ1) is 10.3. The molecule has 1 amide bonds. The van der Waals surface area contributed by atoms with Crippen molar-refractivity contribution in [2.24, 2.45) is 0 Å². The number of amides is 1. The smallest absolute Gasteiger partial charge is 0.270 e. The van der Waals surface area contributed by atoms with Gasteiger partial charge in [-0.3, -0.25) is 9.78 Å². The van der Waals surface area contributed by atoms with Crippen molar-refractivity contribution < 1.29 is 4.79 Å². The summed E-state index contributed by atoms with van der Waals surface area (Å²) in [4.78, 5) is 15.4. The number of hydrogen-bond donors (Lipinski definition) is 1. The zero-order chi connectivity index (χ0) is 10.4. The third-order valence-corrected chi connectivity index (χ3v) is 1.70. The van der Waals surface area contributed by atoms with Crippen LogP contribution in [0.4, 0.5) is 0 Å². The maximum absolute atomic E-state index is 11.5. The van der Waals surface area contributed by atoms with Crippen molar-refractivity contribution in [2.45, 2.75) is 19.4 Å². The molecular formula is C11H12N2O. The van der Waals surface area contributed by atoms with Crippen LogP contribution in [0.5, 0.6) is 0 Å². The Hall–Kier alpha value is -1.82. The number of nitrogens with zero attached hydrogens (tertiary/aromatic N) is 1. The van der Waals surface area contributed by atoms with E-state index in [2.05, 4.69) is 16.2 Å². The SMILES string of the molecule is C#CCC(C)NC(=O)c1ccccn1. The molecule has 3 heteroatoms. The third-order valence-electron chi connectivity index (χ3n) is 1.70. The molecule has 0 spiro atoms. The number of rotatable bonds is 3. The Morgan fingerprint density at radius 1 is 1.71 bits per heavy atom. The Morgan fingerprint density at radius 3 is 3.07 bits per heavy atom. The van der Waals surface area contributed by atoms with Crippen LogP contribution in [0.15, 0.2) is 24.4 Å². The van der Waals surface area contributed by atoms with Crippen molar-refractivity contribution in [3.63, 3.8) is 0 Å². The van der Waals surface area contributed by atoms with Crippen LogP contribution in [-0.4, -0.2) is 16.9 Å². The maximum atomic E-state index is 11.5. The van der Waals surface area contributed by atoms with Gasteiger partial charge in [-0.2, -0.15) is 0 Å². The predicted molar refractivity (Wildman–Crippen MR) is 54.6 cm³/mol. The molecular weight excluding hydrogens is 176 g/mol. The van der Waals surface area contributed by atoms with Crippen LogP contribution < -0.4 is 5.32 Å². The molecule has 72 valence electrons. The first-order chi connectivity index (χ1) is 6.74. The number of hydrogen-bond acceptors (Lipinski definition) is 2. The second-order valence-corrected chi connectivity index (χ2v) is 3.00. The molecule has 14 heavy (non-hydrogen) atoms. The molecule has 0 bridgehead atoms. The maximum Gasteiger partial charge on any atom is 0.270 e. The molecule has 1 N–H and O–H groups in total. The van der Waals surface area contributed by atoms with Gasteiger partial charge in [0, 0.05) is 18.7 Å². The van der Waals surface area contributed by atoms with Crippen LogP contribution in [0.1, 0.15) is 23.8 Å². The Bertz CT molecular complexity index is 340. The largest absolute Gasteiger partial charge is 0.347 e. The molecule has 1 aromatic rings. The van der Waals surface area contributed by atoms with Crippen molar-refractivity contribution in [1.82, 2.24) is 10.3 Å². The lowest BCUT2D eigenvalue weighted by atomic mass is 10.2. The molecule has 0 saturated heterocycles. The number of aromatic nitrogens is 1. The number of terminal acetylenes is 1. The molecule has 0 aliphatic carbocycles. The second-order valence-electron chi connectivity index (χ2n) is 3.00. The molecule has 0 aliphatic heterocycles. The fourth-order valence-corrected chi connectivity index (χ4v) is 1.02. The summed E-state index contributed by atoms with van der Waals surface area (Å²) in [5, 5.41) is 2.75. The van der Waals surface area contributed by atoms with Gasteiger partial charge in [0.2, 0.25) is 0 Å². The van der Waals surface area contributed by atoms with Gasteiger partial charge in [0.1, 0.15) is 5.69 Å². The zero-order valence-electron chi connectivity index (χ0n) is 8.03. The van der Waals surface area contributed by atoms with Crippen LogP contribution in [-0.2, 0) is 0 Å². The summed E-state index contributed by atoms with van der Waals surface area (Å²) in [6.45, 7) is 1.86. The van der Waals surface area contributed by atoms with E-state index in [1.807, 2.05) is 6.92 Å². The summed E-state index contributed by atoms with van der Waals surface area (Å²) in [5.74, 6) is 2.30. The van der Waals surface area contributed by atoms with Gasteiger partial charge in [-0.1, -0.05) is 6.07 Å². The molecule has 0 aliphatic rings. The minimum atomic E-state index is -0.187. The highest BCUT2D eigenvalue weighted by molar-refractivity contribution is 5.92. The normalized spacial score (nSPS) is 11.4. The summed E-state index contributed by atoms with van der Waals surface area (Å²) in [7, 11) is 0. The molecule has 1 rings (SSSR count). The van der Waals surface area contributed by atoms with Gasteiger partial charge in [0.05, 0.1) is 0 Å². The first-order valence-electron chi connectivity index (χ1n) is 4.39. The van der Waals surface area contributed by atoms with Gasteiger partial charge in [0.15, 0.2) is 0 Å². The second kappa shape index (κ2) is 5.03. The van der Waals surface area contributed by atoms with Gasteiger partial charge in [0.25, 0.3) is 5.91 Å². The van der Waals surface area contributed by atoms with Crippen molar-refractivity contribution in [1.29, 1.82) is 0 Å². The average Bonchev–Trinajstić information content (AvgIpc) is 2.19. The van der Waals surface area contributed by atoms with E-state index >= 15 is 0 Å². The molecule has 1 unspecified atom stereocenters. The Kier molecular flexibility index (Phi) is 3.69. The Morgan fingerprint density at radius 2 is 2.50 bits per heavy atom. The van der Waals surface area contributed by atoms with E-state index in [4.69, 9.17) is 6.42 Å². The van der Waals surface area contributed by atoms with Gasteiger partial charge in [-0.25, -0.2) is 0 Å². The predicted octanol–water partition coefficient (Wildman–Crippen LogP) is 1.22. The van der Waals surface area contributed by atoms with E-state index in [1.54, 1.807) is 24.4 Å². The third kappa shape index (κ3) is 2.91. The Labute approximate surface area is 83.6 Å².